The number of fused-ring (bicyclic) bond motifs is 1. The van der Waals surface area contributed by atoms with Crippen molar-refractivity contribution >= 4 is 0 Å². The van der Waals surface area contributed by atoms with Crippen LogP contribution >= 0.6 is 0 Å². The first-order chi connectivity index (χ1) is 6.83. The molecular weight excluding hydrogens is 172 g/mol. The highest BCUT2D eigenvalue weighted by Crippen LogP contribution is 2.29. The average molecular weight is 190 g/mol. The normalized spacial score (nSPS) is 20.6. The maximum absolute atomic E-state index is 5.54. The summed E-state index contributed by atoms with van der Waals surface area (Å²) in [6, 6.07) is 6.62. The molecule has 1 aromatic rings. The van der Waals surface area contributed by atoms with Crippen molar-refractivity contribution in [1.29, 1.82) is 0 Å². The molecule has 14 heavy (non-hydrogen) atoms. The van der Waals surface area contributed by atoms with Crippen molar-refractivity contribution in [3.05, 3.63) is 34.9 Å². The fourth-order valence-corrected chi connectivity index (χ4v) is 2.34. The number of rotatable bonds is 2. The zero-order valence-corrected chi connectivity index (χ0v) is 9.05. The molecule has 1 nitrogen and oxygen atoms in total. The highest BCUT2D eigenvalue weighted by atomic mass is 16.5. The molecule has 0 saturated heterocycles. The van der Waals surface area contributed by atoms with Crippen LogP contribution in [0.3, 0.4) is 0 Å². The summed E-state index contributed by atoms with van der Waals surface area (Å²) in [5, 5.41) is 0. The Morgan fingerprint density at radius 1 is 1.43 bits per heavy atom. The smallest absolute Gasteiger partial charge is 0.0720 e. The van der Waals surface area contributed by atoms with E-state index in [1.165, 1.54) is 24.0 Å². The Hall–Kier alpha value is -0.820. The summed E-state index contributed by atoms with van der Waals surface area (Å²) in [5.74, 6) is 0.571. The van der Waals surface area contributed by atoms with Gasteiger partial charge >= 0.3 is 0 Å². The fourth-order valence-electron chi connectivity index (χ4n) is 2.34. The van der Waals surface area contributed by atoms with E-state index in [-0.39, 0.29) is 0 Å². The third-order valence-electron chi connectivity index (χ3n) is 2.92. The molecule has 0 radical (unpaired) electrons. The van der Waals surface area contributed by atoms with Crippen molar-refractivity contribution in [3.63, 3.8) is 0 Å². The minimum Gasteiger partial charge on any atom is -0.376 e. The molecule has 0 amide bonds. The predicted molar refractivity (Wildman–Crippen MR) is 58.5 cm³/mol. The minimum atomic E-state index is 0.571. The van der Waals surface area contributed by atoms with Crippen LogP contribution in [0.4, 0.5) is 0 Å². The Morgan fingerprint density at radius 2 is 2.29 bits per heavy atom. The largest absolute Gasteiger partial charge is 0.376 e. The van der Waals surface area contributed by atoms with E-state index >= 15 is 0 Å². The van der Waals surface area contributed by atoms with Gasteiger partial charge in [0.05, 0.1) is 13.2 Å². The lowest BCUT2D eigenvalue weighted by atomic mass is 9.88. The zero-order valence-electron chi connectivity index (χ0n) is 9.05. The van der Waals surface area contributed by atoms with Crippen LogP contribution in [0.15, 0.2) is 18.2 Å². The Bertz CT molecular complexity index is 317. The van der Waals surface area contributed by atoms with Crippen molar-refractivity contribution in [1.82, 2.24) is 0 Å². The third kappa shape index (κ3) is 1.69. The second-order valence-electron chi connectivity index (χ2n) is 4.16. The first kappa shape index (κ1) is 9.72. The van der Waals surface area contributed by atoms with E-state index in [0.717, 1.165) is 13.2 Å². The Balaban J connectivity index is 2.41. The molecule has 0 aromatic heterocycles. The van der Waals surface area contributed by atoms with Crippen LogP contribution in [0.2, 0.25) is 0 Å². The summed E-state index contributed by atoms with van der Waals surface area (Å²) in [7, 11) is 0. The van der Waals surface area contributed by atoms with Crippen LogP contribution < -0.4 is 0 Å². The molecule has 1 heteroatoms. The lowest BCUT2D eigenvalue weighted by Gasteiger charge is -2.25. The standard InChI is InChI=1S/C13H18O/c1-3-5-11-6-4-7-12-9-14-8-10(2)13(11)12/h4,6-7,10H,3,5,8-9H2,1-2H3. The molecule has 0 spiro atoms. The molecule has 1 unspecified atom stereocenters. The summed E-state index contributed by atoms with van der Waals surface area (Å²) in [5.41, 5.74) is 4.48. The van der Waals surface area contributed by atoms with Crippen molar-refractivity contribution in [3.8, 4) is 0 Å². The molecule has 1 aliphatic heterocycles. The van der Waals surface area contributed by atoms with E-state index in [9.17, 15) is 0 Å². The van der Waals surface area contributed by atoms with Crippen LogP contribution in [0.1, 0.15) is 42.9 Å². The van der Waals surface area contributed by atoms with E-state index in [1.54, 1.807) is 5.56 Å². The number of aryl methyl sites for hydroxylation is 1. The van der Waals surface area contributed by atoms with Gasteiger partial charge in [0.25, 0.3) is 0 Å². The van der Waals surface area contributed by atoms with Gasteiger partial charge in [-0.3, -0.25) is 0 Å². The van der Waals surface area contributed by atoms with Crippen LogP contribution in [-0.2, 0) is 17.8 Å². The minimum absolute atomic E-state index is 0.571. The maximum Gasteiger partial charge on any atom is 0.0720 e. The van der Waals surface area contributed by atoms with Gasteiger partial charge in [0.2, 0.25) is 0 Å². The Labute approximate surface area is 86.1 Å². The van der Waals surface area contributed by atoms with Crippen molar-refractivity contribution in [2.45, 2.75) is 39.2 Å². The lowest BCUT2D eigenvalue weighted by Crippen LogP contribution is -2.16. The van der Waals surface area contributed by atoms with E-state index in [0.29, 0.717) is 5.92 Å². The summed E-state index contributed by atoms with van der Waals surface area (Å²) in [6.45, 7) is 6.19. The van der Waals surface area contributed by atoms with Gasteiger partial charge in [-0.25, -0.2) is 0 Å². The topological polar surface area (TPSA) is 9.23 Å². The van der Waals surface area contributed by atoms with Gasteiger partial charge in [-0.15, -0.1) is 0 Å². The molecule has 2 rings (SSSR count). The van der Waals surface area contributed by atoms with Crippen LogP contribution in [0.5, 0.6) is 0 Å². The second kappa shape index (κ2) is 4.14. The van der Waals surface area contributed by atoms with Crippen LogP contribution in [-0.4, -0.2) is 6.61 Å². The fraction of sp³-hybridized carbons (Fsp3) is 0.538. The number of ether oxygens (including phenoxy) is 1. The van der Waals surface area contributed by atoms with E-state index in [1.807, 2.05) is 0 Å². The summed E-state index contributed by atoms with van der Waals surface area (Å²) in [4.78, 5) is 0. The van der Waals surface area contributed by atoms with Crippen molar-refractivity contribution < 1.29 is 4.74 Å². The number of benzene rings is 1. The van der Waals surface area contributed by atoms with Crippen molar-refractivity contribution in [2.24, 2.45) is 0 Å². The average Bonchev–Trinajstić information content (AvgIpc) is 2.19. The predicted octanol–water partition coefficient (Wildman–Crippen LogP) is 3.27. The molecule has 1 heterocycles. The molecular formula is C13H18O. The summed E-state index contributed by atoms with van der Waals surface area (Å²) >= 11 is 0. The molecule has 0 saturated carbocycles. The molecule has 0 aliphatic carbocycles. The molecule has 0 bridgehead atoms. The molecule has 76 valence electrons. The van der Waals surface area contributed by atoms with Crippen LogP contribution in [0, 0.1) is 0 Å². The van der Waals surface area contributed by atoms with E-state index < -0.39 is 0 Å². The van der Waals surface area contributed by atoms with E-state index in [4.69, 9.17) is 4.74 Å². The van der Waals surface area contributed by atoms with Crippen LogP contribution in [0.25, 0.3) is 0 Å². The monoisotopic (exact) mass is 190 g/mol. The first-order valence-electron chi connectivity index (χ1n) is 5.51. The highest BCUT2D eigenvalue weighted by Gasteiger charge is 2.19. The number of hydrogen-bond acceptors (Lipinski definition) is 1. The Morgan fingerprint density at radius 3 is 3.07 bits per heavy atom. The highest BCUT2D eigenvalue weighted by molar-refractivity contribution is 5.38. The van der Waals surface area contributed by atoms with Gasteiger partial charge in [0, 0.05) is 5.92 Å². The molecule has 1 aliphatic rings. The van der Waals surface area contributed by atoms with Crippen molar-refractivity contribution in [2.75, 3.05) is 6.61 Å². The summed E-state index contributed by atoms with van der Waals surface area (Å²) in [6.07, 6.45) is 2.43. The Kier molecular flexibility index (Phi) is 2.87. The maximum atomic E-state index is 5.54. The quantitative estimate of drug-likeness (QED) is 0.695. The molecule has 1 atom stereocenters. The molecule has 0 fully saturated rings. The zero-order chi connectivity index (χ0) is 9.97. The third-order valence-corrected chi connectivity index (χ3v) is 2.92. The first-order valence-corrected chi connectivity index (χ1v) is 5.51. The van der Waals surface area contributed by atoms with E-state index in [2.05, 4.69) is 32.0 Å². The summed E-state index contributed by atoms with van der Waals surface area (Å²) < 4.78 is 5.54. The number of hydrogen-bond donors (Lipinski definition) is 0. The van der Waals surface area contributed by atoms with Gasteiger partial charge in [-0.05, 0) is 23.1 Å². The van der Waals surface area contributed by atoms with Gasteiger partial charge in [-0.1, -0.05) is 38.5 Å². The van der Waals surface area contributed by atoms with Gasteiger partial charge in [-0.2, -0.15) is 0 Å². The lowest BCUT2D eigenvalue weighted by molar-refractivity contribution is 0.0947. The van der Waals surface area contributed by atoms with Gasteiger partial charge < -0.3 is 4.74 Å². The van der Waals surface area contributed by atoms with Gasteiger partial charge in [0.1, 0.15) is 0 Å². The SMILES string of the molecule is CCCc1cccc2c1C(C)COC2. The molecule has 1 aromatic carbocycles. The van der Waals surface area contributed by atoms with Gasteiger partial charge in [0.15, 0.2) is 0 Å². The molecule has 0 N–H and O–H groups in total. The second-order valence-corrected chi connectivity index (χ2v) is 4.16.